The highest BCUT2D eigenvalue weighted by Gasteiger charge is 2.17. The largest absolute Gasteiger partial charge is 0.505 e. The van der Waals surface area contributed by atoms with Crippen LogP contribution < -0.4 is 5.46 Å². The van der Waals surface area contributed by atoms with E-state index in [-0.39, 0.29) is 16.2 Å². The third-order valence-electron chi connectivity index (χ3n) is 1.17. The monoisotopic (exact) mass is 173 g/mol. The Morgan fingerprint density at radius 1 is 1.36 bits per heavy atom. The van der Waals surface area contributed by atoms with Crippen LogP contribution in [0, 0.1) is 0 Å². The fourth-order valence-electron chi connectivity index (χ4n) is 0.629. The second-order valence-corrected chi connectivity index (χ2v) is 2.31. The van der Waals surface area contributed by atoms with Crippen LogP contribution in [0.1, 0.15) is 0 Å². The number of rotatable bonds is 1. The fourth-order valence-corrected chi connectivity index (χ4v) is 0.825. The molecule has 6 heteroatoms. The summed E-state index contributed by atoms with van der Waals surface area (Å²) in [6.45, 7) is 0. The van der Waals surface area contributed by atoms with Gasteiger partial charge in [-0.05, 0) is 0 Å². The topological polar surface area (TPSA) is 73.6 Å². The molecule has 0 aliphatic carbocycles. The second-order valence-electron chi connectivity index (χ2n) is 1.94. The lowest BCUT2D eigenvalue weighted by molar-refractivity contribution is 0.424. The van der Waals surface area contributed by atoms with Gasteiger partial charge in [-0.3, -0.25) is 4.98 Å². The van der Waals surface area contributed by atoms with Gasteiger partial charge < -0.3 is 15.2 Å². The molecule has 1 aromatic rings. The Morgan fingerprint density at radius 3 is 2.45 bits per heavy atom. The minimum Gasteiger partial charge on any atom is -0.505 e. The van der Waals surface area contributed by atoms with Crippen molar-refractivity contribution in [2.24, 2.45) is 0 Å². The van der Waals surface area contributed by atoms with Crippen molar-refractivity contribution in [3.05, 3.63) is 17.4 Å². The highest BCUT2D eigenvalue weighted by atomic mass is 35.5. The summed E-state index contributed by atoms with van der Waals surface area (Å²) >= 11 is 5.48. The van der Waals surface area contributed by atoms with Crippen LogP contribution in [0.5, 0.6) is 5.75 Å². The predicted molar refractivity (Wildman–Crippen MR) is 40.7 cm³/mol. The van der Waals surface area contributed by atoms with Crippen LogP contribution in [0.4, 0.5) is 0 Å². The van der Waals surface area contributed by atoms with Crippen molar-refractivity contribution in [2.75, 3.05) is 0 Å². The van der Waals surface area contributed by atoms with E-state index in [1.54, 1.807) is 0 Å². The maximum absolute atomic E-state index is 8.93. The number of nitrogens with zero attached hydrogens (tertiary/aromatic N) is 1. The van der Waals surface area contributed by atoms with E-state index in [0.717, 1.165) is 6.20 Å². The van der Waals surface area contributed by atoms with Gasteiger partial charge in [-0.2, -0.15) is 0 Å². The molecule has 58 valence electrons. The molecule has 0 saturated heterocycles. The zero-order valence-corrected chi connectivity index (χ0v) is 6.15. The van der Waals surface area contributed by atoms with Crippen molar-refractivity contribution in [1.29, 1.82) is 0 Å². The van der Waals surface area contributed by atoms with E-state index in [9.17, 15) is 0 Å². The molecule has 0 spiro atoms. The Balaban J connectivity index is 3.17. The molecule has 1 heterocycles. The third-order valence-corrected chi connectivity index (χ3v) is 1.58. The normalized spacial score (nSPS) is 9.73. The Labute approximate surface area is 68.2 Å². The predicted octanol–water partition coefficient (Wildman–Crippen LogP) is -0.880. The van der Waals surface area contributed by atoms with Crippen LogP contribution in [-0.2, 0) is 0 Å². The number of hydrogen-bond acceptors (Lipinski definition) is 4. The van der Waals surface area contributed by atoms with Crippen molar-refractivity contribution in [3.63, 3.8) is 0 Å². The minimum absolute atomic E-state index is 0.00772. The lowest BCUT2D eigenvalue weighted by Gasteiger charge is -2.01. The van der Waals surface area contributed by atoms with Crippen LogP contribution in [0.3, 0.4) is 0 Å². The Morgan fingerprint density at radius 2 is 2.00 bits per heavy atom. The molecule has 0 fully saturated rings. The Hall–Kier alpha value is -0.775. The standard InChI is InChI=1S/C5H5BClNO3/c7-5-3(6(10)11)1-8-2-4(5)9/h1-2,9-11H. The van der Waals surface area contributed by atoms with Crippen LogP contribution in [0.25, 0.3) is 0 Å². The summed E-state index contributed by atoms with van der Waals surface area (Å²) in [6.07, 6.45) is 2.29. The van der Waals surface area contributed by atoms with Gasteiger partial charge in [-0.25, -0.2) is 0 Å². The van der Waals surface area contributed by atoms with E-state index < -0.39 is 7.12 Å². The lowest BCUT2D eigenvalue weighted by atomic mass is 9.81. The zero-order chi connectivity index (χ0) is 8.43. The summed E-state index contributed by atoms with van der Waals surface area (Å²) in [6, 6.07) is 0. The average Bonchev–Trinajstić information content (AvgIpc) is 1.94. The molecule has 4 nitrogen and oxygen atoms in total. The van der Waals surface area contributed by atoms with Crippen molar-refractivity contribution in [1.82, 2.24) is 4.98 Å². The summed E-state index contributed by atoms with van der Waals surface area (Å²) in [5, 5.41) is 26.1. The molecule has 11 heavy (non-hydrogen) atoms. The number of halogens is 1. The van der Waals surface area contributed by atoms with Gasteiger partial charge in [-0.15, -0.1) is 0 Å². The minimum atomic E-state index is -1.71. The molecule has 0 bridgehead atoms. The SMILES string of the molecule is OB(O)c1cncc(O)c1Cl. The van der Waals surface area contributed by atoms with Crippen molar-refractivity contribution >= 4 is 24.2 Å². The molecule has 1 aromatic heterocycles. The quantitative estimate of drug-likeness (QED) is 0.482. The highest BCUT2D eigenvalue weighted by molar-refractivity contribution is 6.62. The first-order chi connectivity index (χ1) is 5.13. The van der Waals surface area contributed by atoms with Gasteiger partial charge in [0.2, 0.25) is 0 Å². The highest BCUT2D eigenvalue weighted by Crippen LogP contribution is 2.17. The van der Waals surface area contributed by atoms with E-state index in [1.165, 1.54) is 6.20 Å². The van der Waals surface area contributed by atoms with E-state index in [2.05, 4.69) is 4.98 Å². The van der Waals surface area contributed by atoms with E-state index in [1.807, 2.05) is 0 Å². The smallest absolute Gasteiger partial charge is 0.491 e. The zero-order valence-electron chi connectivity index (χ0n) is 5.40. The van der Waals surface area contributed by atoms with Gasteiger partial charge in [0.1, 0.15) is 0 Å². The lowest BCUT2D eigenvalue weighted by Crippen LogP contribution is -2.31. The molecule has 0 aromatic carbocycles. The van der Waals surface area contributed by atoms with E-state index >= 15 is 0 Å². The maximum atomic E-state index is 8.93. The molecule has 0 atom stereocenters. The summed E-state index contributed by atoms with van der Waals surface area (Å²) < 4.78 is 0. The fraction of sp³-hybridized carbons (Fsp3) is 0. The molecule has 0 amide bonds. The Bertz CT molecular complexity index is 268. The number of aromatic nitrogens is 1. The van der Waals surface area contributed by atoms with Gasteiger partial charge in [0.15, 0.2) is 5.75 Å². The van der Waals surface area contributed by atoms with E-state index in [0.29, 0.717) is 0 Å². The van der Waals surface area contributed by atoms with Crippen molar-refractivity contribution < 1.29 is 15.2 Å². The first kappa shape index (κ1) is 8.32. The third kappa shape index (κ3) is 1.62. The molecule has 1 rings (SSSR count). The first-order valence-corrected chi connectivity index (χ1v) is 3.19. The molecule has 0 aliphatic heterocycles. The van der Waals surface area contributed by atoms with Gasteiger partial charge in [0.05, 0.1) is 11.2 Å². The molecule has 0 radical (unpaired) electrons. The molecular weight excluding hydrogens is 168 g/mol. The second kappa shape index (κ2) is 3.08. The average molecular weight is 173 g/mol. The molecular formula is C5H5BClNO3. The van der Waals surface area contributed by atoms with Gasteiger partial charge in [-0.1, -0.05) is 11.6 Å². The Kier molecular flexibility index (Phi) is 2.33. The van der Waals surface area contributed by atoms with Crippen molar-refractivity contribution in [2.45, 2.75) is 0 Å². The van der Waals surface area contributed by atoms with Gasteiger partial charge >= 0.3 is 7.12 Å². The number of hydrogen-bond donors (Lipinski definition) is 3. The van der Waals surface area contributed by atoms with Crippen LogP contribution in [-0.4, -0.2) is 27.3 Å². The van der Waals surface area contributed by atoms with Crippen LogP contribution >= 0.6 is 11.6 Å². The van der Waals surface area contributed by atoms with Gasteiger partial charge in [0, 0.05) is 11.7 Å². The molecule has 0 saturated carbocycles. The molecule has 3 N–H and O–H groups in total. The maximum Gasteiger partial charge on any atom is 0.491 e. The summed E-state index contributed by atoms with van der Waals surface area (Å²) in [5.41, 5.74) is -0.00772. The van der Waals surface area contributed by atoms with Gasteiger partial charge in [0.25, 0.3) is 0 Å². The first-order valence-electron chi connectivity index (χ1n) is 2.81. The number of pyridine rings is 1. The molecule has 0 aliphatic rings. The number of aromatic hydroxyl groups is 1. The van der Waals surface area contributed by atoms with Crippen molar-refractivity contribution in [3.8, 4) is 5.75 Å². The van der Waals surface area contributed by atoms with Crippen LogP contribution in [0.2, 0.25) is 5.02 Å². The van der Waals surface area contributed by atoms with Crippen LogP contribution in [0.15, 0.2) is 12.4 Å². The summed E-state index contributed by atoms with van der Waals surface area (Å²) in [4.78, 5) is 3.51. The summed E-state index contributed by atoms with van der Waals surface area (Å²) in [5.74, 6) is -0.266. The summed E-state index contributed by atoms with van der Waals surface area (Å²) in [7, 11) is -1.71. The molecule has 0 unspecified atom stereocenters. The van der Waals surface area contributed by atoms with E-state index in [4.69, 9.17) is 26.8 Å².